The maximum atomic E-state index is 13.5. The second-order valence-electron chi connectivity index (χ2n) is 6.16. The van der Waals surface area contributed by atoms with Gasteiger partial charge in [-0.05, 0) is 54.8 Å². The van der Waals surface area contributed by atoms with Crippen LogP contribution in [0.1, 0.15) is 18.1 Å². The highest BCUT2D eigenvalue weighted by molar-refractivity contribution is 5.83. The summed E-state index contributed by atoms with van der Waals surface area (Å²) in [4.78, 5) is 7.57. The van der Waals surface area contributed by atoms with Gasteiger partial charge in [0.05, 0.1) is 6.54 Å². The van der Waals surface area contributed by atoms with Crippen molar-refractivity contribution >= 4 is 16.9 Å². The van der Waals surface area contributed by atoms with Crippen LogP contribution in [-0.2, 0) is 13.0 Å². The van der Waals surface area contributed by atoms with Crippen LogP contribution in [0, 0.1) is 11.6 Å². The number of aromatic hydroxyl groups is 1. The van der Waals surface area contributed by atoms with Crippen LogP contribution in [0.15, 0.2) is 47.6 Å². The molecule has 0 amide bonds. The fourth-order valence-electron chi connectivity index (χ4n) is 2.83. The van der Waals surface area contributed by atoms with E-state index < -0.39 is 5.82 Å². The van der Waals surface area contributed by atoms with Crippen LogP contribution in [0.5, 0.6) is 5.75 Å². The minimum Gasteiger partial charge on any atom is -0.505 e. The molecule has 0 aliphatic heterocycles. The number of benzene rings is 2. The second-order valence-corrected chi connectivity index (χ2v) is 6.16. The van der Waals surface area contributed by atoms with Crippen LogP contribution >= 0.6 is 0 Å². The number of phenolic OH excluding ortho intramolecular Hbond substituents is 1. The monoisotopic (exact) mass is 372 g/mol. The molecule has 4 N–H and O–H groups in total. The Morgan fingerprint density at radius 1 is 1.15 bits per heavy atom. The van der Waals surface area contributed by atoms with Gasteiger partial charge in [-0.3, -0.25) is 0 Å². The molecule has 3 rings (SSSR count). The average Bonchev–Trinajstić information content (AvgIpc) is 3.04. The highest BCUT2D eigenvalue weighted by Crippen LogP contribution is 2.19. The largest absolute Gasteiger partial charge is 0.505 e. The average molecular weight is 372 g/mol. The molecular weight excluding hydrogens is 350 g/mol. The third-order valence-electron chi connectivity index (χ3n) is 4.19. The number of hydrogen-bond acceptors (Lipinski definition) is 2. The molecule has 0 spiro atoms. The smallest absolute Gasteiger partial charge is 0.191 e. The van der Waals surface area contributed by atoms with Gasteiger partial charge < -0.3 is 20.7 Å². The molecule has 1 aromatic heterocycles. The molecule has 0 aliphatic carbocycles. The van der Waals surface area contributed by atoms with E-state index in [1.54, 1.807) is 12.1 Å². The number of aromatic amines is 1. The molecule has 0 fully saturated rings. The molecular formula is C20H22F2N4O. The number of aromatic nitrogens is 1. The minimum absolute atomic E-state index is 0.257. The molecule has 0 saturated carbocycles. The van der Waals surface area contributed by atoms with Crippen molar-refractivity contribution in [3.63, 3.8) is 0 Å². The van der Waals surface area contributed by atoms with Gasteiger partial charge >= 0.3 is 0 Å². The summed E-state index contributed by atoms with van der Waals surface area (Å²) in [6, 6.07) is 8.90. The quantitative estimate of drug-likeness (QED) is 0.396. The number of nitrogens with one attached hydrogen (secondary N) is 3. The molecule has 0 unspecified atom stereocenters. The van der Waals surface area contributed by atoms with Crippen molar-refractivity contribution in [2.45, 2.75) is 19.9 Å². The van der Waals surface area contributed by atoms with Crippen molar-refractivity contribution in [1.29, 1.82) is 0 Å². The third-order valence-corrected chi connectivity index (χ3v) is 4.19. The van der Waals surface area contributed by atoms with Gasteiger partial charge in [0.25, 0.3) is 0 Å². The van der Waals surface area contributed by atoms with E-state index in [1.807, 2.05) is 13.1 Å². The predicted octanol–water partition coefficient (Wildman–Crippen LogP) is 3.45. The van der Waals surface area contributed by atoms with Crippen molar-refractivity contribution in [3.05, 3.63) is 65.4 Å². The number of rotatable bonds is 6. The third kappa shape index (κ3) is 4.75. The first-order chi connectivity index (χ1) is 13.1. The maximum Gasteiger partial charge on any atom is 0.191 e. The Morgan fingerprint density at radius 2 is 2.00 bits per heavy atom. The van der Waals surface area contributed by atoms with E-state index in [1.165, 1.54) is 24.3 Å². The Morgan fingerprint density at radius 3 is 2.78 bits per heavy atom. The lowest BCUT2D eigenvalue weighted by Gasteiger charge is -2.11. The van der Waals surface area contributed by atoms with E-state index in [2.05, 4.69) is 20.6 Å². The summed E-state index contributed by atoms with van der Waals surface area (Å²) in [7, 11) is 0. The fourth-order valence-corrected chi connectivity index (χ4v) is 2.83. The van der Waals surface area contributed by atoms with Gasteiger partial charge in [-0.15, -0.1) is 0 Å². The van der Waals surface area contributed by atoms with Crippen molar-refractivity contribution in [2.24, 2.45) is 4.99 Å². The summed E-state index contributed by atoms with van der Waals surface area (Å²) in [6.45, 7) is 3.54. The number of H-pyrrole nitrogens is 1. The fraction of sp³-hybridized carbons (Fsp3) is 0.250. The Hall–Kier alpha value is -3.09. The summed E-state index contributed by atoms with van der Waals surface area (Å²) in [6.07, 6.45) is 2.58. The molecule has 0 bridgehead atoms. The van der Waals surface area contributed by atoms with Crippen molar-refractivity contribution in [3.8, 4) is 5.75 Å². The SMILES string of the molecule is CCNC(=NCc1ccc(O)c(F)c1)NCCc1c[nH]c2ccc(F)cc12. The predicted molar refractivity (Wildman–Crippen MR) is 103 cm³/mol. The van der Waals surface area contributed by atoms with Crippen LogP contribution in [0.25, 0.3) is 10.9 Å². The van der Waals surface area contributed by atoms with Crippen LogP contribution in [0.4, 0.5) is 8.78 Å². The zero-order valence-corrected chi connectivity index (χ0v) is 15.0. The molecule has 142 valence electrons. The first-order valence-electron chi connectivity index (χ1n) is 8.82. The number of halogens is 2. The molecule has 0 saturated heterocycles. The van der Waals surface area contributed by atoms with Gasteiger partial charge in [-0.25, -0.2) is 13.8 Å². The zero-order valence-electron chi connectivity index (χ0n) is 15.0. The number of phenols is 1. The summed E-state index contributed by atoms with van der Waals surface area (Å²) < 4.78 is 26.9. The molecule has 0 radical (unpaired) electrons. The molecule has 2 aromatic carbocycles. The lowest BCUT2D eigenvalue weighted by Crippen LogP contribution is -2.38. The maximum absolute atomic E-state index is 13.5. The Balaban J connectivity index is 1.61. The van der Waals surface area contributed by atoms with E-state index in [-0.39, 0.29) is 18.1 Å². The Bertz CT molecular complexity index is 952. The molecule has 7 heteroatoms. The highest BCUT2D eigenvalue weighted by Gasteiger charge is 2.06. The van der Waals surface area contributed by atoms with Gasteiger partial charge in [-0.1, -0.05) is 6.07 Å². The lowest BCUT2D eigenvalue weighted by atomic mass is 10.1. The van der Waals surface area contributed by atoms with E-state index >= 15 is 0 Å². The van der Waals surface area contributed by atoms with Gasteiger partial charge in [0.2, 0.25) is 0 Å². The summed E-state index contributed by atoms with van der Waals surface area (Å²) in [5, 5.41) is 16.5. The number of fused-ring (bicyclic) bond motifs is 1. The van der Waals surface area contributed by atoms with Gasteiger partial charge in [0.15, 0.2) is 17.5 Å². The van der Waals surface area contributed by atoms with Crippen molar-refractivity contribution < 1.29 is 13.9 Å². The first-order valence-corrected chi connectivity index (χ1v) is 8.82. The second kappa shape index (κ2) is 8.53. The minimum atomic E-state index is -0.660. The Kier molecular flexibility index (Phi) is 5.90. The van der Waals surface area contributed by atoms with Crippen LogP contribution in [-0.4, -0.2) is 29.1 Å². The normalized spacial score (nSPS) is 11.7. The van der Waals surface area contributed by atoms with E-state index in [0.29, 0.717) is 31.0 Å². The standard InChI is InChI=1S/C20H22F2N4O/c1-2-23-20(26-11-13-3-6-19(27)17(22)9-13)24-8-7-14-12-25-18-5-4-15(21)10-16(14)18/h3-6,9-10,12,25,27H,2,7-8,11H2,1H3,(H2,23,24,26). The Labute approximate surface area is 156 Å². The van der Waals surface area contributed by atoms with E-state index in [9.17, 15) is 13.9 Å². The summed E-state index contributed by atoms with van der Waals surface area (Å²) in [5.41, 5.74) is 2.59. The number of aliphatic imine (C=N–C) groups is 1. The number of hydrogen-bond donors (Lipinski definition) is 4. The topological polar surface area (TPSA) is 72.4 Å². The van der Waals surface area contributed by atoms with Gasteiger partial charge in [0, 0.05) is 30.2 Å². The molecule has 0 atom stereocenters. The number of guanidine groups is 1. The molecule has 3 aromatic rings. The van der Waals surface area contributed by atoms with Crippen molar-refractivity contribution in [1.82, 2.24) is 15.6 Å². The van der Waals surface area contributed by atoms with Crippen LogP contribution in [0.2, 0.25) is 0 Å². The highest BCUT2D eigenvalue weighted by atomic mass is 19.1. The lowest BCUT2D eigenvalue weighted by molar-refractivity contribution is 0.432. The van der Waals surface area contributed by atoms with E-state index in [0.717, 1.165) is 16.5 Å². The first kappa shape index (κ1) is 18.7. The molecule has 27 heavy (non-hydrogen) atoms. The summed E-state index contributed by atoms with van der Waals surface area (Å²) in [5.74, 6) is -0.681. The van der Waals surface area contributed by atoms with Gasteiger partial charge in [0.1, 0.15) is 5.82 Å². The summed E-state index contributed by atoms with van der Waals surface area (Å²) >= 11 is 0. The van der Waals surface area contributed by atoms with E-state index in [4.69, 9.17) is 0 Å². The molecule has 1 heterocycles. The molecule has 5 nitrogen and oxygen atoms in total. The van der Waals surface area contributed by atoms with Crippen LogP contribution in [0.3, 0.4) is 0 Å². The van der Waals surface area contributed by atoms with Gasteiger partial charge in [-0.2, -0.15) is 0 Å². The van der Waals surface area contributed by atoms with Crippen LogP contribution < -0.4 is 10.6 Å². The zero-order chi connectivity index (χ0) is 19.2. The molecule has 0 aliphatic rings. The van der Waals surface area contributed by atoms with Crippen molar-refractivity contribution in [2.75, 3.05) is 13.1 Å². The number of nitrogens with zero attached hydrogens (tertiary/aromatic N) is 1.